The van der Waals surface area contributed by atoms with E-state index in [9.17, 15) is 15.3 Å². The van der Waals surface area contributed by atoms with Crippen LogP contribution in [0.4, 0.5) is 0 Å². The molecule has 1 saturated heterocycles. The molecular weight excluding hydrogens is 274 g/mol. The van der Waals surface area contributed by atoms with Gasteiger partial charge in [-0.3, -0.25) is 5.32 Å². The van der Waals surface area contributed by atoms with E-state index in [0.29, 0.717) is 24.3 Å². The second-order valence-corrected chi connectivity index (χ2v) is 6.38. The molecule has 0 bridgehead atoms. The lowest BCUT2D eigenvalue weighted by Gasteiger charge is -2.41. The highest BCUT2D eigenvalue weighted by Gasteiger charge is 2.43. The zero-order valence-electron chi connectivity index (χ0n) is 13.4. The van der Waals surface area contributed by atoms with Gasteiger partial charge in [0, 0.05) is 6.54 Å². The summed E-state index contributed by atoms with van der Waals surface area (Å²) in [7, 11) is 0. The first-order valence-electron chi connectivity index (χ1n) is 7.87. The molecule has 126 valence electrons. The quantitative estimate of drug-likeness (QED) is 0.442. The van der Waals surface area contributed by atoms with E-state index in [1.165, 1.54) is 0 Å². The number of aliphatic hydroxyl groups is 4. The molecule has 21 heavy (non-hydrogen) atoms. The third kappa shape index (κ3) is 4.61. The Morgan fingerprint density at radius 3 is 2.14 bits per heavy atom. The molecular formula is C15H31NO5. The molecule has 5 N–H and O–H groups in total. The van der Waals surface area contributed by atoms with Gasteiger partial charge in [0.25, 0.3) is 0 Å². The minimum Gasteiger partial charge on any atom is -0.394 e. The van der Waals surface area contributed by atoms with Gasteiger partial charge in [-0.1, -0.05) is 34.1 Å². The van der Waals surface area contributed by atoms with E-state index in [0.717, 1.165) is 6.42 Å². The average molecular weight is 305 g/mol. The molecule has 0 aliphatic carbocycles. The Morgan fingerprint density at radius 2 is 1.62 bits per heavy atom. The summed E-state index contributed by atoms with van der Waals surface area (Å²) in [6, 6.07) is 0. The van der Waals surface area contributed by atoms with Crippen LogP contribution in [0.3, 0.4) is 0 Å². The summed E-state index contributed by atoms with van der Waals surface area (Å²) in [6.07, 6.45) is -4.37. The van der Waals surface area contributed by atoms with Gasteiger partial charge in [-0.15, -0.1) is 0 Å². The summed E-state index contributed by atoms with van der Waals surface area (Å²) < 4.78 is 5.43. The summed E-state index contributed by atoms with van der Waals surface area (Å²) in [5, 5.41) is 41.6. The maximum atomic E-state index is 9.95. The molecule has 0 radical (unpaired) electrons. The highest BCUT2D eigenvalue weighted by molar-refractivity contribution is 4.91. The number of hydrogen-bond donors (Lipinski definition) is 5. The molecule has 0 aromatic rings. The molecule has 0 spiro atoms. The first-order chi connectivity index (χ1) is 9.83. The molecule has 0 saturated carbocycles. The van der Waals surface area contributed by atoms with Gasteiger partial charge in [-0.2, -0.15) is 0 Å². The van der Waals surface area contributed by atoms with E-state index in [1.807, 2.05) is 0 Å². The highest BCUT2D eigenvalue weighted by Crippen LogP contribution is 2.24. The van der Waals surface area contributed by atoms with Gasteiger partial charge in [0.05, 0.1) is 6.61 Å². The molecule has 1 fully saturated rings. The lowest BCUT2D eigenvalue weighted by Crippen LogP contribution is -2.62. The molecule has 3 unspecified atom stereocenters. The van der Waals surface area contributed by atoms with Crippen molar-refractivity contribution in [3.63, 3.8) is 0 Å². The van der Waals surface area contributed by atoms with Crippen molar-refractivity contribution in [1.29, 1.82) is 0 Å². The topological polar surface area (TPSA) is 102 Å². The van der Waals surface area contributed by atoms with Crippen LogP contribution in [0.5, 0.6) is 0 Å². The number of ether oxygens (including phenoxy) is 1. The smallest absolute Gasteiger partial charge is 0.137 e. The van der Waals surface area contributed by atoms with Crippen LogP contribution in [-0.2, 0) is 4.74 Å². The maximum Gasteiger partial charge on any atom is 0.137 e. The monoisotopic (exact) mass is 305 g/mol. The minimum absolute atomic E-state index is 0.382. The maximum absolute atomic E-state index is 9.95. The van der Waals surface area contributed by atoms with Crippen molar-refractivity contribution in [2.75, 3.05) is 13.2 Å². The highest BCUT2D eigenvalue weighted by atomic mass is 16.6. The van der Waals surface area contributed by atoms with E-state index in [1.54, 1.807) is 0 Å². The molecule has 1 aliphatic rings. The van der Waals surface area contributed by atoms with Gasteiger partial charge in [-0.25, -0.2) is 0 Å². The van der Waals surface area contributed by atoms with Gasteiger partial charge in [0.15, 0.2) is 0 Å². The largest absolute Gasteiger partial charge is 0.394 e. The minimum atomic E-state index is -1.32. The van der Waals surface area contributed by atoms with Gasteiger partial charge in [0.2, 0.25) is 0 Å². The third-order valence-electron chi connectivity index (χ3n) is 4.97. The Morgan fingerprint density at radius 1 is 1.00 bits per heavy atom. The van der Waals surface area contributed by atoms with E-state index in [4.69, 9.17) is 9.84 Å². The zero-order valence-corrected chi connectivity index (χ0v) is 13.4. The fourth-order valence-corrected chi connectivity index (χ4v) is 2.69. The number of hydrogen-bond acceptors (Lipinski definition) is 6. The Balaban J connectivity index is 2.53. The fraction of sp³-hybridized carbons (Fsp3) is 1.00. The van der Waals surface area contributed by atoms with E-state index >= 15 is 0 Å². The van der Waals surface area contributed by atoms with Crippen LogP contribution >= 0.6 is 0 Å². The van der Waals surface area contributed by atoms with Crippen LogP contribution in [0.15, 0.2) is 0 Å². The van der Waals surface area contributed by atoms with Crippen molar-refractivity contribution < 1.29 is 25.2 Å². The van der Waals surface area contributed by atoms with Crippen LogP contribution in [0, 0.1) is 17.8 Å². The van der Waals surface area contributed by atoms with Crippen LogP contribution in [0.1, 0.15) is 34.1 Å². The van der Waals surface area contributed by atoms with Gasteiger partial charge < -0.3 is 25.2 Å². The lowest BCUT2D eigenvalue weighted by atomic mass is 9.83. The summed E-state index contributed by atoms with van der Waals surface area (Å²) in [4.78, 5) is 0. The van der Waals surface area contributed by atoms with E-state index in [-0.39, 0.29) is 0 Å². The average Bonchev–Trinajstić information content (AvgIpc) is 2.50. The Bertz CT molecular complexity index is 302. The number of rotatable bonds is 7. The summed E-state index contributed by atoms with van der Waals surface area (Å²) in [5.41, 5.74) is 0. The fourth-order valence-electron chi connectivity index (χ4n) is 2.69. The number of aliphatic hydroxyl groups excluding tert-OH is 4. The molecule has 1 aliphatic heterocycles. The standard InChI is InChI=1S/C15H31NO5/c1-5-8(2)10(4)9(3)6-16-15-14(20)13(19)12(18)11(7-17)21-15/h8-20H,5-7H2,1-4H3/t8-,9+,10-,11?,12+,13?,14?,15-/m1/s1. The molecule has 1 heterocycles. The predicted octanol–water partition coefficient (Wildman–Crippen LogP) is -0.306. The van der Waals surface area contributed by atoms with Crippen molar-refractivity contribution >= 4 is 0 Å². The van der Waals surface area contributed by atoms with Crippen LogP contribution in [0.2, 0.25) is 0 Å². The zero-order chi connectivity index (χ0) is 16.2. The van der Waals surface area contributed by atoms with Crippen molar-refractivity contribution in [3.8, 4) is 0 Å². The van der Waals surface area contributed by atoms with Crippen LogP contribution < -0.4 is 5.32 Å². The Labute approximate surface area is 127 Å². The second kappa shape index (κ2) is 8.41. The van der Waals surface area contributed by atoms with Crippen LogP contribution in [-0.4, -0.2) is 64.2 Å². The van der Waals surface area contributed by atoms with Gasteiger partial charge in [0.1, 0.15) is 30.6 Å². The molecule has 6 nitrogen and oxygen atoms in total. The molecule has 0 aromatic carbocycles. The van der Waals surface area contributed by atoms with Gasteiger partial charge >= 0.3 is 0 Å². The molecule has 0 aromatic heterocycles. The number of nitrogens with one attached hydrogen (secondary N) is 1. The van der Waals surface area contributed by atoms with E-state index in [2.05, 4.69) is 33.0 Å². The van der Waals surface area contributed by atoms with E-state index < -0.39 is 37.3 Å². The third-order valence-corrected chi connectivity index (χ3v) is 4.97. The summed E-state index contributed by atoms with van der Waals surface area (Å²) in [6.45, 7) is 8.95. The van der Waals surface area contributed by atoms with Gasteiger partial charge in [-0.05, 0) is 17.8 Å². The Kier molecular flexibility index (Phi) is 7.53. The summed E-state index contributed by atoms with van der Waals surface area (Å²) in [5.74, 6) is 1.51. The molecule has 8 atom stereocenters. The molecule has 1 rings (SSSR count). The second-order valence-electron chi connectivity index (χ2n) is 6.38. The molecule has 6 heteroatoms. The van der Waals surface area contributed by atoms with Crippen molar-refractivity contribution in [2.24, 2.45) is 17.8 Å². The summed E-state index contributed by atoms with van der Waals surface area (Å²) >= 11 is 0. The predicted molar refractivity (Wildman–Crippen MR) is 79.6 cm³/mol. The first kappa shape index (κ1) is 18.8. The van der Waals surface area contributed by atoms with Crippen molar-refractivity contribution in [3.05, 3.63) is 0 Å². The molecule has 0 amide bonds. The normalized spacial score (nSPS) is 38.0. The Hall–Kier alpha value is -0.240. The lowest BCUT2D eigenvalue weighted by molar-refractivity contribution is -0.237. The SMILES string of the molecule is CC[C@@H](C)[C@@H](C)[C@@H](C)CN[C@@H]1OC(CO)[C@H](O)C(O)C1O. The van der Waals surface area contributed by atoms with Crippen molar-refractivity contribution in [1.82, 2.24) is 5.32 Å². The van der Waals surface area contributed by atoms with Crippen molar-refractivity contribution in [2.45, 2.75) is 64.8 Å². The van der Waals surface area contributed by atoms with Crippen LogP contribution in [0.25, 0.3) is 0 Å². The first-order valence-corrected chi connectivity index (χ1v) is 7.87.